The van der Waals surface area contributed by atoms with Gasteiger partial charge in [0.15, 0.2) is 5.15 Å². The van der Waals surface area contributed by atoms with Crippen LogP contribution in [-0.2, 0) is 0 Å². The molecule has 17 heavy (non-hydrogen) atoms. The van der Waals surface area contributed by atoms with Crippen LogP contribution in [0.15, 0.2) is 30.3 Å². The van der Waals surface area contributed by atoms with Crippen molar-refractivity contribution < 1.29 is 4.92 Å². The van der Waals surface area contributed by atoms with Gasteiger partial charge in [0.1, 0.15) is 5.02 Å². The summed E-state index contributed by atoms with van der Waals surface area (Å²) in [6.07, 6.45) is 0. The van der Waals surface area contributed by atoms with E-state index in [9.17, 15) is 10.1 Å². The van der Waals surface area contributed by atoms with E-state index in [0.717, 1.165) is 0 Å². The van der Waals surface area contributed by atoms with Crippen LogP contribution in [0.25, 0.3) is 11.3 Å². The molecule has 0 N–H and O–H groups in total. The Labute approximate surface area is 106 Å². The Hall–Kier alpha value is -1.72. The number of halogens is 2. The molecule has 5 nitrogen and oxygen atoms in total. The number of rotatable bonds is 2. The van der Waals surface area contributed by atoms with Crippen LogP contribution in [0.4, 0.5) is 5.69 Å². The van der Waals surface area contributed by atoms with Crippen molar-refractivity contribution in [2.45, 2.75) is 0 Å². The minimum atomic E-state index is -0.546. The van der Waals surface area contributed by atoms with Crippen LogP contribution in [0.2, 0.25) is 10.2 Å². The molecule has 0 aliphatic carbocycles. The Morgan fingerprint density at radius 3 is 2.47 bits per heavy atom. The molecule has 7 heteroatoms. The van der Waals surface area contributed by atoms with Crippen LogP contribution in [0.1, 0.15) is 0 Å². The van der Waals surface area contributed by atoms with Crippen molar-refractivity contribution in [3.05, 3.63) is 50.6 Å². The van der Waals surface area contributed by atoms with Gasteiger partial charge in [-0.15, -0.1) is 10.2 Å². The zero-order valence-corrected chi connectivity index (χ0v) is 9.81. The van der Waals surface area contributed by atoms with Crippen molar-refractivity contribution >= 4 is 28.9 Å². The topological polar surface area (TPSA) is 68.9 Å². The Kier molecular flexibility index (Phi) is 3.21. The molecule has 1 aromatic carbocycles. The molecule has 0 aliphatic heterocycles. The van der Waals surface area contributed by atoms with Crippen molar-refractivity contribution in [2.24, 2.45) is 0 Å². The molecule has 0 atom stereocenters. The van der Waals surface area contributed by atoms with Gasteiger partial charge in [-0.25, -0.2) is 0 Å². The van der Waals surface area contributed by atoms with E-state index in [2.05, 4.69) is 10.2 Å². The molecule has 0 unspecified atom stereocenters. The first-order valence-electron chi connectivity index (χ1n) is 4.51. The lowest BCUT2D eigenvalue weighted by Gasteiger charge is -2.01. The number of nitro groups is 1. The molecule has 0 fully saturated rings. The fourth-order valence-electron chi connectivity index (χ4n) is 1.28. The van der Waals surface area contributed by atoms with E-state index in [-0.39, 0.29) is 15.9 Å². The molecular formula is C10H5Cl2N3O2. The summed E-state index contributed by atoms with van der Waals surface area (Å²) in [7, 11) is 0. The van der Waals surface area contributed by atoms with Crippen LogP contribution >= 0.6 is 23.2 Å². The summed E-state index contributed by atoms with van der Waals surface area (Å²) in [5.74, 6) is 0. The van der Waals surface area contributed by atoms with Gasteiger partial charge in [0, 0.05) is 11.6 Å². The lowest BCUT2D eigenvalue weighted by atomic mass is 10.1. The number of benzene rings is 1. The van der Waals surface area contributed by atoms with Crippen LogP contribution in [0, 0.1) is 10.1 Å². The van der Waals surface area contributed by atoms with E-state index in [4.69, 9.17) is 23.2 Å². The van der Waals surface area contributed by atoms with Gasteiger partial charge in [-0.1, -0.05) is 29.3 Å². The summed E-state index contributed by atoms with van der Waals surface area (Å²) in [4.78, 5) is 10.2. The molecule has 0 radical (unpaired) electrons. The summed E-state index contributed by atoms with van der Waals surface area (Å²) in [6.45, 7) is 0. The summed E-state index contributed by atoms with van der Waals surface area (Å²) in [6, 6.07) is 7.62. The molecule has 86 valence electrons. The molecular weight excluding hydrogens is 265 g/mol. The second-order valence-electron chi connectivity index (χ2n) is 3.16. The Bertz CT molecular complexity index is 572. The fraction of sp³-hybridized carbons (Fsp3) is 0. The molecule has 0 saturated heterocycles. The fourth-order valence-corrected chi connectivity index (χ4v) is 1.57. The Morgan fingerprint density at radius 1 is 1.12 bits per heavy atom. The third kappa shape index (κ3) is 2.51. The highest BCUT2D eigenvalue weighted by molar-refractivity contribution is 6.32. The predicted molar refractivity (Wildman–Crippen MR) is 64.1 cm³/mol. The zero-order chi connectivity index (χ0) is 12.4. The van der Waals surface area contributed by atoms with Crippen molar-refractivity contribution in [1.29, 1.82) is 0 Å². The molecule has 2 aromatic rings. The molecule has 0 bridgehead atoms. The van der Waals surface area contributed by atoms with Gasteiger partial charge < -0.3 is 0 Å². The highest BCUT2D eigenvalue weighted by Gasteiger charge is 2.14. The van der Waals surface area contributed by atoms with Gasteiger partial charge in [0.2, 0.25) is 0 Å². The number of nitro benzene ring substituents is 1. The Morgan fingerprint density at radius 2 is 1.88 bits per heavy atom. The monoisotopic (exact) mass is 269 g/mol. The SMILES string of the molecule is O=[N+]([O-])c1cc(-c2ccc(Cl)nn2)ccc1Cl. The molecule has 0 spiro atoms. The molecule has 1 heterocycles. The van der Waals surface area contributed by atoms with E-state index in [1.54, 1.807) is 18.2 Å². The Balaban J connectivity index is 2.50. The van der Waals surface area contributed by atoms with Gasteiger partial charge in [0.25, 0.3) is 5.69 Å². The van der Waals surface area contributed by atoms with Gasteiger partial charge in [0.05, 0.1) is 10.6 Å². The maximum atomic E-state index is 10.7. The van der Waals surface area contributed by atoms with E-state index >= 15 is 0 Å². The van der Waals surface area contributed by atoms with E-state index in [1.807, 2.05) is 0 Å². The number of hydrogen-bond acceptors (Lipinski definition) is 4. The number of aromatic nitrogens is 2. The summed E-state index contributed by atoms with van der Waals surface area (Å²) < 4.78 is 0. The second-order valence-corrected chi connectivity index (χ2v) is 3.96. The van der Waals surface area contributed by atoms with Crippen molar-refractivity contribution in [3.63, 3.8) is 0 Å². The second kappa shape index (κ2) is 4.65. The zero-order valence-electron chi connectivity index (χ0n) is 8.30. The van der Waals surface area contributed by atoms with Gasteiger partial charge >= 0.3 is 0 Å². The van der Waals surface area contributed by atoms with E-state index in [0.29, 0.717) is 11.3 Å². The minimum absolute atomic E-state index is 0.0840. The molecule has 2 rings (SSSR count). The average Bonchev–Trinajstić information content (AvgIpc) is 2.30. The third-order valence-corrected chi connectivity index (χ3v) is 2.59. The first-order chi connectivity index (χ1) is 8.08. The smallest absolute Gasteiger partial charge is 0.258 e. The van der Waals surface area contributed by atoms with Crippen LogP contribution < -0.4 is 0 Å². The molecule has 1 aromatic heterocycles. The highest BCUT2D eigenvalue weighted by atomic mass is 35.5. The summed E-state index contributed by atoms with van der Waals surface area (Å²) in [5.41, 5.74) is 0.889. The van der Waals surface area contributed by atoms with Crippen molar-refractivity contribution in [3.8, 4) is 11.3 Å². The first-order valence-corrected chi connectivity index (χ1v) is 5.27. The number of hydrogen-bond donors (Lipinski definition) is 0. The molecule has 0 aliphatic rings. The molecule has 0 saturated carbocycles. The predicted octanol–water partition coefficient (Wildman–Crippen LogP) is 3.36. The quantitative estimate of drug-likeness (QED) is 0.619. The van der Waals surface area contributed by atoms with Crippen molar-refractivity contribution in [1.82, 2.24) is 10.2 Å². The van der Waals surface area contributed by atoms with Gasteiger partial charge in [-0.3, -0.25) is 10.1 Å². The van der Waals surface area contributed by atoms with E-state index < -0.39 is 4.92 Å². The first kappa shape index (κ1) is 11.8. The van der Waals surface area contributed by atoms with Crippen LogP contribution in [0.3, 0.4) is 0 Å². The highest BCUT2D eigenvalue weighted by Crippen LogP contribution is 2.29. The third-order valence-electron chi connectivity index (χ3n) is 2.07. The number of nitrogens with zero attached hydrogens (tertiary/aromatic N) is 3. The lowest BCUT2D eigenvalue weighted by molar-refractivity contribution is -0.384. The molecule has 0 amide bonds. The minimum Gasteiger partial charge on any atom is -0.258 e. The standard InChI is InChI=1S/C10H5Cl2N3O2/c11-7-2-1-6(5-9(7)15(16)17)8-3-4-10(12)14-13-8/h1-5H. The van der Waals surface area contributed by atoms with Gasteiger partial charge in [-0.2, -0.15) is 0 Å². The van der Waals surface area contributed by atoms with Crippen LogP contribution in [0.5, 0.6) is 0 Å². The van der Waals surface area contributed by atoms with E-state index in [1.165, 1.54) is 12.1 Å². The van der Waals surface area contributed by atoms with Gasteiger partial charge in [-0.05, 0) is 18.2 Å². The summed E-state index contributed by atoms with van der Waals surface area (Å²) >= 11 is 11.3. The maximum absolute atomic E-state index is 10.7. The maximum Gasteiger partial charge on any atom is 0.288 e. The lowest BCUT2D eigenvalue weighted by Crippen LogP contribution is -1.92. The van der Waals surface area contributed by atoms with Crippen molar-refractivity contribution in [2.75, 3.05) is 0 Å². The summed E-state index contributed by atoms with van der Waals surface area (Å²) in [5, 5.41) is 18.6. The average molecular weight is 270 g/mol. The normalized spacial score (nSPS) is 10.2. The van der Waals surface area contributed by atoms with Crippen LogP contribution in [-0.4, -0.2) is 15.1 Å². The largest absolute Gasteiger partial charge is 0.288 e.